The minimum absolute atomic E-state index is 0.624. The summed E-state index contributed by atoms with van der Waals surface area (Å²) < 4.78 is 0. The summed E-state index contributed by atoms with van der Waals surface area (Å²) in [5, 5.41) is 9.60. The number of benzene rings is 10. The van der Waals surface area contributed by atoms with Crippen LogP contribution in [0.4, 0.5) is 0 Å². The molecule has 0 unspecified atom stereocenters. The van der Waals surface area contributed by atoms with Crippen molar-refractivity contribution < 1.29 is 0 Å². The van der Waals surface area contributed by atoms with Crippen molar-refractivity contribution in [3.05, 3.63) is 212 Å². The summed E-state index contributed by atoms with van der Waals surface area (Å²) in [5.74, 6) is 1.89. The Morgan fingerprint density at radius 3 is 1.28 bits per heavy atom. The first-order valence-electron chi connectivity index (χ1n) is 19.7. The molecule has 0 spiro atoms. The van der Waals surface area contributed by atoms with Gasteiger partial charge in [0, 0.05) is 16.7 Å². The Bertz CT molecular complexity index is 3340. The molecule has 3 nitrogen and oxygen atoms in total. The van der Waals surface area contributed by atoms with Gasteiger partial charge in [0.2, 0.25) is 0 Å². The Morgan fingerprint density at radius 2 is 0.655 bits per heavy atom. The highest BCUT2D eigenvalue weighted by atomic mass is 15.0. The molecule has 0 radical (unpaired) electrons. The van der Waals surface area contributed by atoms with Gasteiger partial charge in [-0.1, -0.05) is 194 Å². The monoisotopic (exact) mass is 737 g/mol. The summed E-state index contributed by atoms with van der Waals surface area (Å²) in [6.45, 7) is 0. The van der Waals surface area contributed by atoms with Crippen molar-refractivity contribution in [2.45, 2.75) is 0 Å². The highest BCUT2D eigenvalue weighted by molar-refractivity contribution is 6.22. The molecule has 0 saturated carbocycles. The molecule has 0 aliphatic heterocycles. The number of rotatable bonds is 6. The van der Waals surface area contributed by atoms with Gasteiger partial charge >= 0.3 is 0 Å². The second-order valence-electron chi connectivity index (χ2n) is 14.8. The molecule has 0 N–H and O–H groups in total. The highest BCUT2D eigenvalue weighted by Gasteiger charge is 2.20. The summed E-state index contributed by atoms with van der Waals surface area (Å²) in [5.41, 5.74) is 9.75. The van der Waals surface area contributed by atoms with E-state index in [1.165, 1.54) is 60.0 Å². The third-order valence-corrected chi connectivity index (χ3v) is 11.3. The van der Waals surface area contributed by atoms with Gasteiger partial charge in [-0.25, -0.2) is 15.0 Å². The highest BCUT2D eigenvalue weighted by Crippen LogP contribution is 2.46. The van der Waals surface area contributed by atoms with Crippen LogP contribution in [-0.4, -0.2) is 15.0 Å². The van der Waals surface area contributed by atoms with Gasteiger partial charge in [0.1, 0.15) is 0 Å². The molecule has 10 aromatic carbocycles. The van der Waals surface area contributed by atoms with E-state index in [0.717, 1.165) is 33.2 Å². The molecule has 11 aromatic rings. The zero-order chi connectivity index (χ0) is 38.4. The minimum atomic E-state index is 0.624. The molecule has 0 aliphatic carbocycles. The van der Waals surface area contributed by atoms with Crippen molar-refractivity contribution in [3.8, 4) is 67.5 Å². The molecular weight excluding hydrogens is 703 g/mol. The lowest BCUT2D eigenvalue weighted by molar-refractivity contribution is 1.07. The first kappa shape index (κ1) is 33.6. The largest absolute Gasteiger partial charge is 0.208 e. The fraction of sp³-hybridized carbons (Fsp3) is 0. The summed E-state index contributed by atoms with van der Waals surface area (Å²) in [6, 6.07) is 75.5. The van der Waals surface area contributed by atoms with E-state index in [1.54, 1.807) is 0 Å². The van der Waals surface area contributed by atoms with Crippen molar-refractivity contribution in [1.29, 1.82) is 0 Å². The van der Waals surface area contributed by atoms with Gasteiger partial charge in [-0.2, -0.15) is 0 Å². The van der Waals surface area contributed by atoms with Crippen molar-refractivity contribution in [3.63, 3.8) is 0 Å². The molecule has 0 fully saturated rings. The van der Waals surface area contributed by atoms with Crippen LogP contribution in [0.1, 0.15) is 0 Å². The molecule has 1 heterocycles. The number of nitrogens with zero attached hydrogens (tertiary/aromatic N) is 3. The van der Waals surface area contributed by atoms with Crippen LogP contribution in [0.3, 0.4) is 0 Å². The van der Waals surface area contributed by atoms with E-state index in [-0.39, 0.29) is 0 Å². The van der Waals surface area contributed by atoms with Crippen molar-refractivity contribution in [2.75, 3.05) is 0 Å². The lowest BCUT2D eigenvalue weighted by Gasteiger charge is -2.19. The van der Waals surface area contributed by atoms with Crippen molar-refractivity contribution in [1.82, 2.24) is 15.0 Å². The first-order valence-corrected chi connectivity index (χ1v) is 19.7. The molecule has 0 amide bonds. The molecule has 11 rings (SSSR count). The van der Waals surface area contributed by atoms with Crippen LogP contribution in [0, 0.1) is 0 Å². The number of hydrogen-bond acceptors (Lipinski definition) is 3. The Kier molecular flexibility index (Phi) is 8.15. The van der Waals surface area contributed by atoms with E-state index >= 15 is 0 Å². The Hall–Kier alpha value is -7.75. The van der Waals surface area contributed by atoms with Crippen molar-refractivity contribution in [2.24, 2.45) is 0 Å². The van der Waals surface area contributed by atoms with E-state index in [2.05, 4.69) is 188 Å². The average Bonchev–Trinajstić information content (AvgIpc) is 3.30. The molecule has 0 atom stereocenters. The second-order valence-corrected chi connectivity index (χ2v) is 14.8. The van der Waals surface area contributed by atoms with Crippen LogP contribution in [0.25, 0.3) is 111 Å². The smallest absolute Gasteiger partial charge is 0.164 e. The Morgan fingerprint density at radius 1 is 0.224 bits per heavy atom. The zero-order valence-electron chi connectivity index (χ0n) is 31.5. The molecule has 0 aliphatic rings. The predicted octanol–water partition coefficient (Wildman–Crippen LogP) is 14.5. The third-order valence-electron chi connectivity index (χ3n) is 11.3. The Labute approximate surface area is 336 Å². The van der Waals surface area contributed by atoms with Crippen LogP contribution in [-0.2, 0) is 0 Å². The van der Waals surface area contributed by atoms with Crippen LogP contribution >= 0.6 is 0 Å². The lowest BCUT2D eigenvalue weighted by atomic mass is 9.84. The van der Waals surface area contributed by atoms with Gasteiger partial charge in [-0.3, -0.25) is 0 Å². The number of fused-ring (bicyclic) bond motifs is 4. The second kappa shape index (κ2) is 14.1. The fourth-order valence-electron chi connectivity index (χ4n) is 8.52. The number of hydrogen-bond donors (Lipinski definition) is 0. The van der Waals surface area contributed by atoms with E-state index in [9.17, 15) is 0 Å². The maximum absolute atomic E-state index is 5.29. The van der Waals surface area contributed by atoms with Crippen molar-refractivity contribution >= 4 is 43.1 Å². The lowest BCUT2D eigenvalue weighted by Crippen LogP contribution is -2.01. The van der Waals surface area contributed by atoms with Gasteiger partial charge in [0.25, 0.3) is 0 Å². The quantitative estimate of drug-likeness (QED) is 0.160. The Balaban J connectivity index is 1.20. The van der Waals surface area contributed by atoms with E-state index in [4.69, 9.17) is 15.0 Å². The van der Waals surface area contributed by atoms with Gasteiger partial charge < -0.3 is 0 Å². The topological polar surface area (TPSA) is 38.7 Å². The fourth-order valence-corrected chi connectivity index (χ4v) is 8.52. The van der Waals surface area contributed by atoms with Crippen LogP contribution < -0.4 is 0 Å². The van der Waals surface area contributed by atoms with Gasteiger partial charge in [-0.05, 0) is 94.7 Å². The molecular formula is C55H35N3. The summed E-state index contributed by atoms with van der Waals surface area (Å²) >= 11 is 0. The molecule has 1 aromatic heterocycles. The zero-order valence-corrected chi connectivity index (χ0v) is 31.5. The van der Waals surface area contributed by atoms with E-state index in [1.807, 2.05) is 24.3 Å². The third kappa shape index (κ3) is 5.89. The van der Waals surface area contributed by atoms with Crippen LogP contribution in [0.2, 0.25) is 0 Å². The minimum Gasteiger partial charge on any atom is -0.208 e. The van der Waals surface area contributed by atoms with E-state index in [0.29, 0.717) is 17.5 Å². The van der Waals surface area contributed by atoms with Gasteiger partial charge in [0.15, 0.2) is 17.5 Å². The maximum Gasteiger partial charge on any atom is 0.164 e. The van der Waals surface area contributed by atoms with E-state index < -0.39 is 0 Å². The van der Waals surface area contributed by atoms with Crippen LogP contribution in [0.5, 0.6) is 0 Å². The summed E-state index contributed by atoms with van der Waals surface area (Å²) in [4.78, 5) is 15.6. The summed E-state index contributed by atoms with van der Waals surface area (Å²) in [7, 11) is 0. The van der Waals surface area contributed by atoms with Gasteiger partial charge in [-0.15, -0.1) is 0 Å². The normalized spacial score (nSPS) is 11.4. The van der Waals surface area contributed by atoms with Crippen LogP contribution in [0.15, 0.2) is 212 Å². The molecule has 270 valence electrons. The van der Waals surface area contributed by atoms with Gasteiger partial charge in [0.05, 0.1) is 0 Å². The number of aromatic nitrogens is 3. The predicted molar refractivity (Wildman–Crippen MR) is 242 cm³/mol. The molecule has 0 bridgehead atoms. The average molecular weight is 738 g/mol. The molecule has 58 heavy (non-hydrogen) atoms. The maximum atomic E-state index is 5.29. The standard InChI is InChI=1S/C55H35N3/c1-3-17-38(18-4-1)45-23-11-14-26-49(45)55-57-53(39-19-5-2-6-20-39)56-54(58-55)44-31-32-48-50(35-44)52(43-30-28-37-16-8-10-22-41(37)34-43)47-25-13-12-24-46(47)51(48)42-29-27-36-15-7-9-21-40(36)33-42/h1-35H. The molecule has 0 saturated heterocycles. The molecule has 3 heteroatoms. The first-order chi connectivity index (χ1) is 28.7. The SMILES string of the molecule is c1ccc(-c2nc(-c3ccc4c(-c5ccc6ccccc6c5)c5ccccc5c(-c5ccc6ccccc6c5)c4c3)nc(-c3ccccc3-c3ccccc3)n2)cc1. The summed E-state index contributed by atoms with van der Waals surface area (Å²) in [6.07, 6.45) is 0.